The lowest BCUT2D eigenvalue weighted by Crippen LogP contribution is -2.34. The van der Waals surface area contributed by atoms with Crippen molar-refractivity contribution in [3.05, 3.63) is 60.7 Å². The minimum atomic E-state index is -4.04. The van der Waals surface area contributed by atoms with E-state index in [4.69, 9.17) is 0 Å². The first-order chi connectivity index (χ1) is 12.2. The maximum atomic E-state index is 12.0. The standard InChI is InChI=1S/C16H16N2O6S2/c19-15(17-25(21,22)13-7-3-1-4-8-13)11-12-16(20)18-26(23,24)14-9-5-2-6-10-14/h1-10H,11-12H2,(H,17,19)(H,18,20). The summed E-state index contributed by atoms with van der Waals surface area (Å²) in [6.07, 6.45) is -0.968. The first kappa shape index (κ1) is 19.6. The highest BCUT2D eigenvalue weighted by molar-refractivity contribution is 7.90. The molecule has 2 rings (SSSR count). The predicted octanol–water partition coefficient (Wildman–Crippen LogP) is 0.777. The van der Waals surface area contributed by atoms with Gasteiger partial charge in [0.2, 0.25) is 11.8 Å². The molecule has 0 aliphatic rings. The van der Waals surface area contributed by atoms with Gasteiger partial charge in [-0.15, -0.1) is 0 Å². The number of sulfonamides is 2. The van der Waals surface area contributed by atoms with Crippen LogP contribution in [0.2, 0.25) is 0 Å². The van der Waals surface area contributed by atoms with Crippen molar-refractivity contribution in [3.63, 3.8) is 0 Å². The van der Waals surface area contributed by atoms with Gasteiger partial charge < -0.3 is 0 Å². The second-order valence-corrected chi connectivity index (χ2v) is 8.55. The van der Waals surface area contributed by atoms with Crippen molar-refractivity contribution >= 4 is 31.9 Å². The Morgan fingerprint density at radius 3 is 1.23 bits per heavy atom. The van der Waals surface area contributed by atoms with E-state index >= 15 is 0 Å². The summed E-state index contributed by atoms with van der Waals surface area (Å²) in [5.74, 6) is -1.83. The number of benzene rings is 2. The van der Waals surface area contributed by atoms with Gasteiger partial charge in [0.05, 0.1) is 9.79 Å². The van der Waals surface area contributed by atoms with E-state index in [-0.39, 0.29) is 9.79 Å². The molecule has 0 fully saturated rings. The van der Waals surface area contributed by atoms with E-state index < -0.39 is 44.7 Å². The molecule has 2 aromatic carbocycles. The molecule has 0 saturated carbocycles. The Morgan fingerprint density at radius 2 is 0.923 bits per heavy atom. The Morgan fingerprint density at radius 1 is 0.615 bits per heavy atom. The minimum absolute atomic E-state index is 0.0931. The lowest BCUT2D eigenvalue weighted by atomic mass is 10.3. The van der Waals surface area contributed by atoms with Crippen molar-refractivity contribution in [2.24, 2.45) is 0 Å². The Kier molecular flexibility index (Phi) is 6.11. The Balaban J connectivity index is 1.90. The fourth-order valence-electron chi connectivity index (χ4n) is 1.95. The van der Waals surface area contributed by atoms with Gasteiger partial charge in [0.25, 0.3) is 20.0 Å². The van der Waals surface area contributed by atoms with E-state index in [9.17, 15) is 26.4 Å². The zero-order valence-corrected chi connectivity index (χ0v) is 15.1. The summed E-state index contributed by atoms with van der Waals surface area (Å²) in [7, 11) is -8.07. The molecule has 0 bridgehead atoms. The molecule has 138 valence electrons. The molecule has 2 N–H and O–H groups in total. The van der Waals surface area contributed by atoms with Gasteiger partial charge in [0.1, 0.15) is 0 Å². The van der Waals surface area contributed by atoms with Crippen LogP contribution in [0.5, 0.6) is 0 Å². The Labute approximate surface area is 151 Å². The van der Waals surface area contributed by atoms with Crippen molar-refractivity contribution in [3.8, 4) is 0 Å². The van der Waals surface area contributed by atoms with Gasteiger partial charge in [0.15, 0.2) is 0 Å². The van der Waals surface area contributed by atoms with Gasteiger partial charge in [0, 0.05) is 12.8 Å². The number of nitrogens with one attached hydrogen (secondary N) is 2. The summed E-state index contributed by atoms with van der Waals surface area (Å²) >= 11 is 0. The van der Waals surface area contributed by atoms with Crippen molar-refractivity contribution in [1.82, 2.24) is 9.44 Å². The molecule has 10 heteroatoms. The lowest BCUT2D eigenvalue weighted by molar-refractivity contribution is -0.124. The number of rotatable bonds is 7. The number of carbonyl (C=O) groups is 2. The molecule has 0 aliphatic heterocycles. The summed E-state index contributed by atoms with van der Waals surface area (Å²) in [5.41, 5.74) is 0. The van der Waals surface area contributed by atoms with Crippen LogP contribution < -0.4 is 9.44 Å². The molecule has 2 amide bonds. The maximum absolute atomic E-state index is 12.0. The molecule has 26 heavy (non-hydrogen) atoms. The molecule has 2 aromatic rings. The van der Waals surface area contributed by atoms with Crippen LogP contribution in [0.3, 0.4) is 0 Å². The van der Waals surface area contributed by atoms with Crippen LogP contribution in [-0.2, 0) is 29.6 Å². The fourth-order valence-corrected chi connectivity index (χ4v) is 4.02. The molecule has 0 heterocycles. The molecule has 0 saturated heterocycles. The molecule has 0 aromatic heterocycles. The van der Waals surface area contributed by atoms with E-state index in [0.717, 1.165) is 0 Å². The van der Waals surface area contributed by atoms with Gasteiger partial charge in [-0.25, -0.2) is 26.3 Å². The highest BCUT2D eigenvalue weighted by atomic mass is 32.2. The number of amides is 2. The SMILES string of the molecule is O=C(CCC(=O)NS(=O)(=O)c1ccccc1)NS(=O)(=O)c1ccccc1. The van der Waals surface area contributed by atoms with Crippen molar-refractivity contribution in [2.45, 2.75) is 22.6 Å². The number of hydrogen-bond donors (Lipinski definition) is 2. The fraction of sp³-hybridized carbons (Fsp3) is 0.125. The van der Waals surface area contributed by atoms with Crippen LogP contribution in [0.1, 0.15) is 12.8 Å². The third-order valence-electron chi connectivity index (χ3n) is 3.18. The van der Waals surface area contributed by atoms with E-state index in [1.54, 1.807) is 12.1 Å². The van der Waals surface area contributed by atoms with Crippen LogP contribution in [0.25, 0.3) is 0 Å². The topological polar surface area (TPSA) is 126 Å². The summed E-state index contributed by atoms with van der Waals surface area (Å²) < 4.78 is 51.5. The zero-order valence-electron chi connectivity index (χ0n) is 13.5. The van der Waals surface area contributed by atoms with Gasteiger partial charge in [-0.3, -0.25) is 9.59 Å². The molecule has 8 nitrogen and oxygen atoms in total. The maximum Gasteiger partial charge on any atom is 0.264 e. The average Bonchev–Trinajstić information content (AvgIpc) is 2.61. The molecule has 0 atom stereocenters. The Bertz CT molecular complexity index is 904. The summed E-state index contributed by atoms with van der Waals surface area (Å²) in [4.78, 5) is 23.3. The summed E-state index contributed by atoms with van der Waals surface area (Å²) in [6.45, 7) is 0. The second-order valence-electron chi connectivity index (χ2n) is 5.18. The summed E-state index contributed by atoms with van der Waals surface area (Å²) in [5, 5.41) is 0. The quantitative estimate of drug-likeness (QED) is 0.712. The highest BCUT2D eigenvalue weighted by Gasteiger charge is 2.20. The predicted molar refractivity (Wildman–Crippen MR) is 92.8 cm³/mol. The molecule has 0 radical (unpaired) electrons. The van der Waals surface area contributed by atoms with E-state index in [1.165, 1.54) is 48.5 Å². The molecule has 0 spiro atoms. The first-order valence-electron chi connectivity index (χ1n) is 7.42. The molecular weight excluding hydrogens is 380 g/mol. The van der Waals surface area contributed by atoms with Crippen LogP contribution in [0.15, 0.2) is 70.5 Å². The van der Waals surface area contributed by atoms with Crippen molar-refractivity contribution in [1.29, 1.82) is 0 Å². The van der Waals surface area contributed by atoms with Crippen molar-refractivity contribution in [2.75, 3.05) is 0 Å². The van der Waals surface area contributed by atoms with Gasteiger partial charge in [-0.2, -0.15) is 0 Å². The number of hydrogen-bond acceptors (Lipinski definition) is 6. The van der Waals surface area contributed by atoms with E-state index in [0.29, 0.717) is 0 Å². The average molecular weight is 396 g/mol. The Hall–Kier alpha value is -2.72. The van der Waals surface area contributed by atoms with Crippen LogP contribution in [0.4, 0.5) is 0 Å². The monoisotopic (exact) mass is 396 g/mol. The van der Waals surface area contributed by atoms with Gasteiger partial charge in [-0.05, 0) is 24.3 Å². The molecular formula is C16H16N2O6S2. The lowest BCUT2D eigenvalue weighted by Gasteiger charge is -2.08. The third kappa shape index (κ3) is 5.39. The first-order valence-corrected chi connectivity index (χ1v) is 10.4. The minimum Gasteiger partial charge on any atom is -0.274 e. The van der Waals surface area contributed by atoms with Crippen LogP contribution in [-0.4, -0.2) is 28.6 Å². The molecule has 0 unspecified atom stereocenters. The van der Waals surface area contributed by atoms with Gasteiger partial charge in [-0.1, -0.05) is 36.4 Å². The molecule has 0 aliphatic carbocycles. The van der Waals surface area contributed by atoms with E-state index in [1.807, 2.05) is 9.44 Å². The largest absolute Gasteiger partial charge is 0.274 e. The van der Waals surface area contributed by atoms with E-state index in [2.05, 4.69) is 0 Å². The second kappa shape index (κ2) is 8.11. The van der Waals surface area contributed by atoms with Gasteiger partial charge >= 0.3 is 0 Å². The normalized spacial score (nSPS) is 11.5. The summed E-state index contributed by atoms with van der Waals surface area (Å²) in [6, 6.07) is 14.5. The number of carbonyl (C=O) groups excluding carboxylic acids is 2. The van der Waals surface area contributed by atoms with Crippen molar-refractivity contribution < 1.29 is 26.4 Å². The third-order valence-corrected chi connectivity index (χ3v) is 5.96. The zero-order chi connectivity index (χ0) is 19.2. The van der Waals surface area contributed by atoms with Crippen LogP contribution in [0, 0.1) is 0 Å². The highest BCUT2D eigenvalue weighted by Crippen LogP contribution is 2.09. The smallest absolute Gasteiger partial charge is 0.264 e. The van der Waals surface area contributed by atoms with Crippen LogP contribution >= 0.6 is 0 Å².